The molecule has 0 aliphatic carbocycles. The molecule has 0 saturated heterocycles. The number of halogens is 1. The summed E-state index contributed by atoms with van der Waals surface area (Å²) in [4.78, 5) is 8.58. The summed E-state index contributed by atoms with van der Waals surface area (Å²) < 4.78 is 0. The molecule has 0 aromatic carbocycles. The second kappa shape index (κ2) is 4.91. The van der Waals surface area contributed by atoms with E-state index in [1.54, 1.807) is 23.6 Å². The van der Waals surface area contributed by atoms with Crippen LogP contribution in [0, 0.1) is 6.92 Å². The van der Waals surface area contributed by atoms with Gasteiger partial charge in [-0.2, -0.15) is 0 Å². The molecule has 0 amide bonds. The number of thiazole rings is 1. The van der Waals surface area contributed by atoms with Crippen molar-refractivity contribution < 1.29 is 0 Å². The molecule has 0 aliphatic rings. The number of nitrogens with two attached hydrogens (primary N) is 1. The SMILES string of the molecule is Cc1nc(CC(N)c2ccc(Cl)cn2)cs1. The van der Waals surface area contributed by atoms with E-state index in [0.29, 0.717) is 11.4 Å². The molecular weight excluding hydrogens is 242 g/mol. The summed E-state index contributed by atoms with van der Waals surface area (Å²) in [5.74, 6) is 0. The average Bonchev–Trinajstić information content (AvgIpc) is 2.65. The Balaban J connectivity index is 2.08. The van der Waals surface area contributed by atoms with Gasteiger partial charge in [0.05, 0.1) is 27.5 Å². The lowest BCUT2D eigenvalue weighted by atomic mass is 10.1. The van der Waals surface area contributed by atoms with Crippen molar-refractivity contribution in [2.24, 2.45) is 5.73 Å². The van der Waals surface area contributed by atoms with E-state index in [0.717, 1.165) is 16.4 Å². The van der Waals surface area contributed by atoms with E-state index in [9.17, 15) is 0 Å². The van der Waals surface area contributed by atoms with Gasteiger partial charge in [0.1, 0.15) is 0 Å². The number of hydrogen-bond acceptors (Lipinski definition) is 4. The van der Waals surface area contributed by atoms with E-state index < -0.39 is 0 Å². The first kappa shape index (κ1) is 11.5. The maximum atomic E-state index is 6.05. The molecule has 5 heteroatoms. The normalized spacial score (nSPS) is 12.7. The third-order valence-corrected chi connectivity index (χ3v) is 3.27. The topological polar surface area (TPSA) is 51.8 Å². The zero-order chi connectivity index (χ0) is 11.5. The predicted octanol–water partition coefficient (Wildman–Crippen LogP) is 2.74. The number of nitrogens with zero attached hydrogens (tertiary/aromatic N) is 2. The minimum absolute atomic E-state index is 0.126. The molecule has 2 rings (SSSR count). The van der Waals surface area contributed by atoms with E-state index in [4.69, 9.17) is 17.3 Å². The Morgan fingerprint density at radius 3 is 2.88 bits per heavy atom. The molecule has 2 aromatic rings. The summed E-state index contributed by atoms with van der Waals surface area (Å²) in [6.07, 6.45) is 2.32. The Labute approximate surface area is 103 Å². The van der Waals surface area contributed by atoms with Crippen molar-refractivity contribution in [3.8, 4) is 0 Å². The highest BCUT2D eigenvalue weighted by Gasteiger charge is 2.10. The summed E-state index contributed by atoms with van der Waals surface area (Å²) in [6.45, 7) is 1.99. The van der Waals surface area contributed by atoms with E-state index in [1.165, 1.54) is 0 Å². The molecule has 1 unspecified atom stereocenters. The zero-order valence-electron chi connectivity index (χ0n) is 8.85. The van der Waals surface area contributed by atoms with Crippen molar-refractivity contribution in [3.05, 3.63) is 45.1 Å². The molecular formula is C11H12ClN3S. The van der Waals surface area contributed by atoms with Crippen molar-refractivity contribution >= 4 is 22.9 Å². The third-order valence-electron chi connectivity index (χ3n) is 2.23. The molecule has 0 saturated carbocycles. The van der Waals surface area contributed by atoms with Crippen LogP contribution in [0.1, 0.15) is 22.4 Å². The van der Waals surface area contributed by atoms with Gasteiger partial charge in [-0.3, -0.25) is 4.98 Å². The molecule has 0 bridgehead atoms. The summed E-state index contributed by atoms with van der Waals surface area (Å²) in [5.41, 5.74) is 7.91. The smallest absolute Gasteiger partial charge is 0.0897 e. The summed E-state index contributed by atoms with van der Waals surface area (Å²) in [7, 11) is 0. The van der Waals surface area contributed by atoms with Gasteiger partial charge in [-0.1, -0.05) is 11.6 Å². The van der Waals surface area contributed by atoms with Gasteiger partial charge in [-0.25, -0.2) is 4.98 Å². The van der Waals surface area contributed by atoms with Gasteiger partial charge in [-0.05, 0) is 19.1 Å². The van der Waals surface area contributed by atoms with Crippen molar-refractivity contribution in [1.29, 1.82) is 0 Å². The highest BCUT2D eigenvalue weighted by Crippen LogP contribution is 2.17. The maximum Gasteiger partial charge on any atom is 0.0897 e. The fourth-order valence-corrected chi connectivity index (χ4v) is 2.18. The molecule has 0 fully saturated rings. The molecule has 2 aromatic heterocycles. The van der Waals surface area contributed by atoms with Crippen molar-refractivity contribution in [3.63, 3.8) is 0 Å². The Morgan fingerprint density at radius 1 is 1.50 bits per heavy atom. The van der Waals surface area contributed by atoms with E-state index in [1.807, 2.05) is 18.4 Å². The number of aromatic nitrogens is 2. The van der Waals surface area contributed by atoms with Crippen LogP contribution in [-0.4, -0.2) is 9.97 Å². The lowest BCUT2D eigenvalue weighted by molar-refractivity contribution is 0.685. The fourth-order valence-electron chi connectivity index (χ4n) is 1.44. The van der Waals surface area contributed by atoms with Gasteiger partial charge in [0.25, 0.3) is 0 Å². The molecule has 16 heavy (non-hydrogen) atoms. The largest absolute Gasteiger partial charge is 0.322 e. The van der Waals surface area contributed by atoms with Crippen LogP contribution in [0.25, 0.3) is 0 Å². The zero-order valence-corrected chi connectivity index (χ0v) is 10.4. The summed E-state index contributed by atoms with van der Waals surface area (Å²) in [5, 5.41) is 3.72. The van der Waals surface area contributed by atoms with Gasteiger partial charge < -0.3 is 5.73 Å². The van der Waals surface area contributed by atoms with Crippen LogP contribution in [0.5, 0.6) is 0 Å². The van der Waals surface area contributed by atoms with Crippen molar-refractivity contribution in [2.75, 3.05) is 0 Å². The van der Waals surface area contributed by atoms with Crippen LogP contribution in [-0.2, 0) is 6.42 Å². The molecule has 0 spiro atoms. The van der Waals surface area contributed by atoms with Crippen LogP contribution in [0.4, 0.5) is 0 Å². The Kier molecular flexibility index (Phi) is 3.53. The summed E-state index contributed by atoms with van der Waals surface area (Å²) >= 11 is 7.40. The average molecular weight is 254 g/mol. The first-order valence-corrected chi connectivity index (χ1v) is 6.19. The minimum Gasteiger partial charge on any atom is -0.322 e. The van der Waals surface area contributed by atoms with Crippen molar-refractivity contribution in [2.45, 2.75) is 19.4 Å². The number of hydrogen-bond donors (Lipinski definition) is 1. The monoisotopic (exact) mass is 253 g/mol. The predicted molar refractivity (Wildman–Crippen MR) is 66.7 cm³/mol. The molecule has 1 atom stereocenters. The Morgan fingerprint density at radius 2 is 2.31 bits per heavy atom. The second-order valence-electron chi connectivity index (χ2n) is 3.57. The Hall–Kier alpha value is -0.970. The van der Waals surface area contributed by atoms with Gasteiger partial charge in [0, 0.05) is 18.0 Å². The van der Waals surface area contributed by atoms with E-state index in [2.05, 4.69) is 9.97 Å². The van der Waals surface area contributed by atoms with Gasteiger partial charge >= 0.3 is 0 Å². The molecule has 2 N–H and O–H groups in total. The molecule has 3 nitrogen and oxygen atoms in total. The number of aryl methyl sites for hydroxylation is 1. The quantitative estimate of drug-likeness (QED) is 0.915. The first-order chi connectivity index (χ1) is 7.65. The van der Waals surface area contributed by atoms with Gasteiger partial charge in [0.15, 0.2) is 0 Å². The molecule has 84 valence electrons. The lowest BCUT2D eigenvalue weighted by Gasteiger charge is -2.08. The summed E-state index contributed by atoms with van der Waals surface area (Å²) in [6, 6.07) is 3.53. The third kappa shape index (κ3) is 2.78. The molecule has 2 heterocycles. The minimum atomic E-state index is -0.126. The highest BCUT2D eigenvalue weighted by molar-refractivity contribution is 7.09. The van der Waals surface area contributed by atoms with Crippen LogP contribution in [0.15, 0.2) is 23.7 Å². The standard InChI is InChI=1S/C11H12ClN3S/c1-7-15-9(6-16-7)4-10(13)11-3-2-8(12)5-14-11/h2-3,5-6,10H,4,13H2,1H3. The van der Waals surface area contributed by atoms with Crippen molar-refractivity contribution in [1.82, 2.24) is 9.97 Å². The van der Waals surface area contributed by atoms with Crippen LogP contribution in [0.2, 0.25) is 5.02 Å². The van der Waals surface area contributed by atoms with Crippen LogP contribution < -0.4 is 5.73 Å². The molecule has 0 radical (unpaired) electrons. The van der Waals surface area contributed by atoms with Gasteiger partial charge in [0.2, 0.25) is 0 Å². The highest BCUT2D eigenvalue weighted by atomic mass is 35.5. The first-order valence-electron chi connectivity index (χ1n) is 4.93. The number of rotatable bonds is 3. The number of pyridine rings is 1. The molecule has 0 aliphatic heterocycles. The lowest BCUT2D eigenvalue weighted by Crippen LogP contribution is -2.14. The van der Waals surface area contributed by atoms with Gasteiger partial charge in [-0.15, -0.1) is 11.3 Å². The van der Waals surface area contributed by atoms with Crippen LogP contribution >= 0.6 is 22.9 Å². The van der Waals surface area contributed by atoms with E-state index >= 15 is 0 Å². The maximum absolute atomic E-state index is 6.05. The Bertz CT molecular complexity index is 466. The van der Waals surface area contributed by atoms with E-state index in [-0.39, 0.29) is 6.04 Å². The fraction of sp³-hybridized carbons (Fsp3) is 0.273. The second-order valence-corrected chi connectivity index (χ2v) is 5.07. The van der Waals surface area contributed by atoms with Crippen LogP contribution in [0.3, 0.4) is 0 Å².